The van der Waals surface area contributed by atoms with Crippen LogP contribution in [0.3, 0.4) is 0 Å². The minimum absolute atomic E-state index is 0.0696. The highest BCUT2D eigenvalue weighted by molar-refractivity contribution is 6.33. The van der Waals surface area contributed by atoms with Gasteiger partial charge in [-0.2, -0.15) is 10.4 Å². The van der Waals surface area contributed by atoms with Crippen LogP contribution in [-0.4, -0.2) is 25.7 Å². The van der Waals surface area contributed by atoms with Crippen molar-refractivity contribution in [3.8, 4) is 6.07 Å². The third-order valence-electron chi connectivity index (χ3n) is 2.79. The van der Waals surface area contributed by atoms with Crippen LogP contribution in [0.5, 0.6) is 0 Å². The Bertz CT molecular complexity index is 731. The molecule has 2 rings (SSSR count). The number of amides is 1. The predicted octanol–water partition coefficient (Wildman–Crippen LogP) is 2.11. The smallest absolute Gasteiger partial charge is 0.277 e. The molecular formula is C13H13ClN6O. The lowest BCUT2D eigenvalue weighted by Crippen LogP contribution is -2.18. The molecule has 0 atom stereocenters. The minimum Gasteiger partial charge on any atom is -0.304 e. The van der Waals surface area contributed by atoms with Crippen LogP contribution in [0.2, 0.25) is 5.02 Å². The Morgan fingerprint density at radius 3 is 2.81 bits per heavy atom. The Hall–Kier alpha value is -2.46. The van der Waals surface area contributed by atoms with E-state index in [0.29, 0.717) is 11.6 Å². The Balaban J connectivity index is 2.35. The maximum Gasteiger partial charge on any atom is 0.277 e. The van der Waals surface area contributed by atoms with Gasteiger partial charge in [-0.25, -0.2) is 9.97 Å². The maximum atomic E-state index is 12.3. The van der Waals surface area contributed by atoms with Gasteiger partial charge in [0.05, 0.1) is 17.4 Å². The van der Waals surface area contributed by atoms with Crippen LogP contribution in [0.25, 0.3) is 0 Å². The lowest BCUT2D eigenvalue weighted by molar-refractivity contribution is 0.102. The van der Waals surface area contributed by atoms with E-state index in [0.717, 1.165) is 0 Å². The number of nitrogens with one attached hydrogen (secondary N) is 1. The van der Waals surface area contributed by atoms with Gasteiger partial charge in [0.25, 0.3) is 5.91 Å². The fourth-order valence-corrected chi connectivity index (χ4v) is 1.83. The SMILES string of the molecule is CC(C)c1ncc(Cl)c(C(=O)Nc2c(C#N)cnn2C)n1. The number of carbonyl (C=O) groups is 1. The van der Waals surface area contributed by atoms with Gasteiger partial charge in [0, 0.05) is 13.0 Å². The number of halogens is 1. The van der Waals surface area contributed by atoms with Crippen molar-refractivity contribution in [2.45, 2.75) is 19.8 Å². The second-order valence-electron chi connectivity index (χ2n) is 4.68. The number of rotatable bonds is 3. The summed E-state index contributed by atoms with van der Waals surface area (Å²) in [6.45, 7) is 3.83. The summed E-state index contributed by atoms with van der Waals surface area (Å²) in [5.74, 6) is 0.378. The van der Waals surface area contributed by atoms with Gasteiger partial charge in [0.15, 0.2) is 5.69 Å². The highest BCUT2D eigenvalue weighted by atomic mass is 35.5. The number of aromatic nitrogens is 4. The normalized spacial score (nSPS) is 10.5. The first kappa shape index (κ1) is 14.9. The molecule has 0 aromatic carbocycles. The summed E-state index contributed by atoms with van der Waals surface area (Å²) in [5.41, 5.74) is 0.334. The summed E-state index contributed by atoms with van der Waals surface area (Å²) in [6.07, 6.45) is 2.77. The number of nitriles is 1. The van der Waals surface area contributed by atoms with Crippen molar-refractivity contribution >= 4 is 23.3 Å². The molecule has 1 amide bonds. The van der Waals surface area contributed by atoms with E-state index in [1.165, 1.54) is 17.1 Å². The molecule has 7 nitrogen and oxygen atoms in total. The zero-order valence-electron chi connectivity index (χ0n) is 11.8. The molecule has 0 radical (unpaired) electrons. The summed E-state index contributed by atoms with van der Waals surface area (Å²) in [4.78, 5) is 20.5. The molecule has 0 aliphatic rings. The van der Waals surface area contributed by atoms with Crippen LogP contribution in [0.4, 0.5) is 5.82 Å². The van der Waals surface area contributed by atoms with E-state index < -0.39 is 5.91 Å². The number of hydrogen-bond acceptors (Lipinski definition) is 5. The summed E-state index contributed by atoms with van der Waals surface area (Å²) >= 11 is 5.98. The summed E-state index contributed by atoms with van der Waals surface area (Å²) in [6, 6.07) is 1.95. The summed E-state index contributed by atoms with van der Waals surface area (Å²) in [7, 11) is 1.62. The van der Waals surface area contributed by atoms with E-state index in [1.807, 2.05) is 19.9 Å². The van der Waals surface area contributed by atoms with Gasteiger partial charge >= 0.3 is 0 Å². The van der Waals surface area contributed by atoms with Crippen molar-refractivity contribution in [1.29, 1.82) is 5.26 Å². The Kier molecular flexibility index (Phi) is 4.19. The molecule has 8 heteroatoms. The molecule has 0 saturated heterocycles. The van der Waals surface area contributed by atoms with Crippen LogP contribution in [0.1, 0.15) is 41.6 Å². The van der Waals surface area contributed by atoms with Crippen molar-refractivity contribution in [3.63, 3.8) is 0 Å². The molecule has 0 unspecified atom stereocenters. The van der Waals surface area contributed by atoms with E-state index in [1.54, 1.807) is 7.05 Å². The van der Waals surface area contributed by atoms with Gasteiger partial charge in [-0.15, -0.1) is 0 Å². The lowest BCUT2D eigenvalue weighted by Gasteiger charge is -2.09. The largest absolute Gasteiger partial charge is 0.304 e. The number of carbonyl (C=O) groups excluding carboxylic acids is 1. The molecule has 0 spiro atoms. The highest BCUT2D eigenvalue weighted by Crippen LogP contribution is 2.19. The average molecular weight is 305 g/mol. The Morgan fingerprint density at radius 2 is 2.19 bits per heavy atom. The van der Waals surface area contributed by atoms with E-state index >= 15 is 0 Å². The van der Waals surface area contributed by atoms with Gasteiger partial charge in [0.2, 0.25) is 0 Å². The highest BCUT2D eigenvalue weighted by Gasteiger charge is 2.18. The van der Waals surface area contributed by atoms with E-state index in [4.69, 9.17) is 16.9 Å². The maximum absolute atomic E-state index is 12.3. The average Bonchev–Trinajstić information content (AvgIpc) is 2.79. The summed E-state index contributed by atoms with van der Waals surface area (Å²) in [5, 5.41) is 15.6. The molecule has 21 heavy (non-hydrogen) atoms. The molecule has 0 saturated carbocycles. The topological polar surface area (TPSA) is 96.5 Å². The molecule has 2 aromatic heterocycles. The second kappa shape index (κ2) is 5.89. The fourth-order valence-electron chi connectivity index (χ4n) is 1.65. The number of nitrogens with zero attached hydrogens (tertiary/aromatic N) is 5. The van der Waals surface area contributed by atoms with E-state index in [2.05, 4.69) is 20.4 Å². The fraction of sp³-hybridized carbons (Fsp3) is 0.308. The molecule has 1 N–H and O–H groups in total. The molecule has 2 heterocycles. The first-order valence-corrected chi connectivity index (χ1v) is 6.57. The standard InChI is InChI=1S/C13H13ClN6O/c1-7(2)11-16-6-9(14)10(18-11)13(21)19-12-8(4-15)5-17-20(12)3/h5-7H,1-3H3,(H,19,21). The number of hydrogen-bond donors (Lipinski definition) is 1. The van der Waals surface area contributed by atoms with Crippen LogP contribution < -0.4 is 5.32 Å². The molecule has 2 aromatic rings. The molecule has 0 fully saturated rings. The number of aryl methyl sites for hydroxylation is 1. The first-order valence-electron chi connectivity index (χ1n) is 6.20. The Morgan fingerprint density at radius 1 is 1.48 bits per heavy atom. The van der Waals surface area contributed by atoms with Crippen molar-refractivity contribution < 1.29 is 4.79 Å². The minimum atomic E-state index is -0.510. The van der Waals surface area contributed by atoms with Gasteiger partial charge < -0.3 is 5.32 Å². The molecular weight excluding hydrogens is 292 g/mol. The molecule has 108 valence electrons. The van der Waals surface area contributed by atoms with Crippen molar-refractivity contribution in [3.05, 3.63) is 34.5 Å². The second-order valence-corrected chi connectivity index (χ2v) is 5.08. The first-order chi connectivity index (χ1) is 9.93. The number of anilines is 1. The summed E-state index contributed by atoms with van der Waals surface area (Å²) < 4.78 is 1.40. The van der Waals surface area contributed by atoms with E-state index in [9.17, 15) is 4.79 Å². The van der Waals surface area contributed by atoms with Crippen LogP contribution in [0.15, 0.2) is 12.4 Å². The third kappa shape index (κ3) is 3.01. The van der Waals surface area contributed by atoms with Gasteiger partial charge in [-0.05, 0) is 0 Å². The third-order valence-corrected chi connectivity index (χ3v) is 3.06. The van der Waals surface area contributed by atoms with Crippen molar-refractivity contribution in [1.82, 2.24) is 19.7 Å². The van der Waals surface area contributed by atoms with E-state index in [-0.39, 0.29) is 22.2 Å². The molecule has 0 bridgehead atoms. The van der Waals surface area contributed by atoms with Crippen molar-refractivity contribution in [2.24, 2.45) is 7.05 Å². The monoisotopic (exact) mass is 304 g/mol. The van der Waals surface area contributed by atoms with Gasteiger partial charge in [-0.3, -0.25) is 9.48 Å². The van der Waals surface area contributed by atoms with Crippen LogP contribution in [0, 0.1) is 11.3 Å². The molecule has 0 aliphatic heterocycles. The van der Waals surface area contributed by atoms with Gasteiger partial charge in [-0.1, -0.05) is 25.4 Å². The Labute approximate surface area is 126 Å². The van der Waals surface area contributed by atoms with Crippen LogP contribution in [-0.2, 0) is 7.05 Å². The van der Waals surface area contributed by atoms with Crippen LogP contribution >= 0.6 is 11.6 Å². The zero-order valence-corrected chi connectivity index (χ0v) is 12.5. The quantitative estimate of drug-likeness (QED) is 0.936. The molecule has 0 aliphatic carbocycles. The van der Waals surface area contributed by atoms with Gasteiger partial charge in [0.1, 0.15) is 23.3 Å². The zero-order chi connectivity index (χ0) is 15.6. The lowest BCUT2D eigenvalue weighted by atomic mass is 10.2. The van der Waals surface area contributed by atoms with Crippen molar-refractivity contribution in [2.75, 3.05) is 5.32 Å². The predicted molar refractivity (Wildman–Crippen MR) is 77.0 cm³/mol.